The van der Waals surface area contributed by atoms with Gasteiger partial charge in [0.25, 0.3) is 0 Å². The standard InChI is InChI=1S/C50H39NO/c1-2-13-35(14-3-1)42-23-11-17-37-18-12-24-46(50(37)42)43-20-6-8-25-47(43)51(39-31-32-45-44-21-7-9-26-48(44)52-49(45)33-39)38-29-27-36(28-30-38)41-22-10-16-34-15-4-5-19-40(34)41/h4-12,15-33,35H,1-3,13-14H2. The zero-order valence-corrected chi connectivity index (χ0v) is 29.1. The number of hydrogen-bond acceptors (Lipinski definition) is 2. The minimum absolute atomic E-state index is 0.596. The molecular weight excluding hydrogens is 631 g/mol. The molecule has 0 unspecified atom stereocenters. The van der Waals surface area contributed by atoms with Crippen LogP contribution in [0.15, 0.2) is 174 Å². The Bertz CT molecular complexity index is 2720. The third-order valence-electron chi connectivity index (χ3n) is 11.3. The van der Waals surface area contributed by atoms with Crippen LogP contribution in [0.5, 0.6) is 0 Å². The Labute approximate surface area is 304 Å². The molecule has 0 atom stereocenters. The van der Waals surface area contributed by atoms with Gasteiger partial charge in [0, 0.05) is 33.8 Å². The van der Waals surface area contributed by atoms with Gasteiger partial charge in [0.05, 0.1) is 5.69 Å². The molecular formula is C50H39NO. The van der Waals surface area contributed by atoms with Crippen molar-refractivity contribution in [3.05, 3.63) is 175 Å². The highest BCUT2D eigenvalue weighted by Gasteiger charge is 2.23. The molecule has 1 aliphatic carbocycles. The highest BCUT2D eigenvalue weighted by molar-refractivity contribution is 6.07. The second-order valence-corrected chi connectivity index (χ2v) is 14.3. The Morgan fingerprint density at radius 3 is 1.94 bits per heavy atom. The van der Waals surface area contributed by atoms with Crippen LogP contribution in [0.1, 0.15) is 43.6 Å². The number of para-hydroxylation sites is 2. The van der Waals surface area contributed by atoms with Gasteiger partial charge in [-0.1, -0.05) is 147 Å². The molecule has 1 saturated carbocycles. The predicted octanol–water partition coefficient (Wildman–Crippen LogP) is 14.7. The van der Waals surface area contributed by atoms with E-state index >= 15 is 0 Å². The Morgan fingerprint density at radius 2 is 1.08 bits per heavy atom. The summed E-state index contributed by atoms with van der Waals surface area (Å²) >= 11 is 0. The van der Waals surface area contributed by atoms with Gasteiger partial charge in [-0.05, 0) is 99.0 Å². The number of anilines is 3. The Kier molecular flexibility index (Phi) is 7.61. The summed E-state index contributed by atoms with van der Waals surface area (Å²) in [5.41, 5.74) is 11.5. The van der Waals surface area contributed by atoms with Crippen molar-refractivity contribution < 1.29 is 4.42 Å². The van der Waals surface area contributed by atoms with Crippen LogP contribution in [-0.4, -0.2) is 0 Å². The molecule has 0 amide bonds. The first-order chi connectivity index (χ1) is 25.8. The van der Waals surface area contributed by atoms with E-state index in [2.05, 4.69) is 169 Å². The molecule has 250 valence electrons. The van der Waals surface area contributed by atoms with Crippen molar-refractivity contribution in [3.8, 4) is 22.3 Å². The number of hydrogen-bond donors (Lipinski definition) is 0. The smallest absolute Gasteiger partial charge is 0.137 e. The summed E-state index contributed by atoms with van der Waals surface area (Å²) in [5.74, 6) is 0.596. The number of fused-ring (bicyclic) bond motifs is 5. The molecule has 0 radical (unpaired) electrons. The molecule has 0 saturated heterocycles. The Balaban J connectivity index is 1.17. The molecule has 8 aromatic carbocycles. The van der Waals surface area contributed by atoms with E-state index in [4.69, 9.17) is 4.42 Å². The number of benzene rings is 8. The number of furan rings is 1. The summed E-state index contributed by atoms with van der Waals surface area (Å²) in [6.07, 6.45) is 6.50. The summed E-state index contributed by atoms with van der Waals surface area (Å²) in [7, 11) is 0. The summed E-state index contributed by atoms with van der Waals surface area (Å²) in [6.45, 7) is 0. The lowest BCUT2D eigenvalue weighted by Crippen LogP contribution is -2.11. The molecule has 2 nitrogen and oxygen atoms in total. The van der Waals surface area contributed by atoms with E-state index in [0.717, 1.165) is 39.0 Å². The van der Waals surface area contributed by atoms with E-state index in [-0.39, 0.29) is 0 Å². The molecule has 0 spiro atoms. The van der Waals surface area contributed by atoms with Gasteiger partial charge in [0.1, 0.15) is 11.2 Å². The van der Waals surface area contributed by atoms with Gasteiger partial charge in [0.2, 0.25) is 0 Å². The maximum atomic E-state index is 6.46. The lowest BCUT2D eigenvalue weighted by Gasteiger charge is -2.29. The van der Waals surface area contributed by atoms with Crippen molar-refractivity contribution in [3.63, 3.8) is 0 Å². The fourth-order valence-electron chi connectivity index (χ4n) is 8.79. The predicted molar refractivity (Wildman–Crippen MR) is 220 cm³/mol. The average molecular weight is 670 g/mol. The van der Waals surface area contributed by atoms with Gasteiger partial charge in [-0.2, -0.15) is 0 Å². The van der Waals surface area contributed by atoms with Gasteiger partial charge in [-0.15, -0.1) is 0 Å². The van der Waals surface area contributed by atoms with Crippen LogP contribution < -0.4 is 4.90 Å². The van der Waals surface area contributed by atoms with Gasteiger partial charge in [-0.3, -0.25) is 0 Å². The zero-order chi connectivity index (χ0) is 34.4. The normalized spacial score (nSPS) is 13.7. The third-order valence-corrected chi connectivity index (χ3v) is 11.3. The van der Waals surface area contributed by atoms with Crippen LogP contribution in [0.4, 0.5) is 17.1 Å². The molecule has 1 fully saturated rings. The van der Waals surface area contributed by atoms with E-state index < -0.39 is 0 Å². The van der Waals surface area contributed by atoms with E-state index in [9.17, 15) is 0 Å². The van der Waals surface area contributed by atoms with E-state index in [1.165, 1.54) is 81.5 Å². The number of rotatable bonds is 6. The quantitative estimate of drug-likeness (QED) is 0.175. The third kappa shape index (κ3) is 5.26. The van der Waals surface area contributed by atoms with E-state index in [1.807, 2.05) is 6.07 Å². The lowest BCUT2D eigenvalue weighted by molar-refractivity contribution is 0.445. The van der Waals surface area contributed by atoms with Crippen LogP contribution in [0.3, 0.4) is 0 Å². The van der Waals surface area contributed by atoms with Crippen LogP contribution in [0.25, 0.3) is 65.7 Å². The molecule has 52 heavy (non-hydrogen) atoms. The van der Waals surface area contributed by atoms with Crippen molar-refractivity contribution in [2.24, 2.45) is 0 Å². The summed E-state index contributed by atoms with van der Waals surface area (Å²) in [5, 5.41) is 7.49. The van der Waals surface area contributed by atoms with Gasteiger partial charge in [-0.25, -0.2) is 0 Å². The van der Waals surface area contributed by atoms with Crippen molar-refractivity contribution in [1.29, 1.82) is 0 Å². The highest BCUT2D eigenvalue weighted by Crippen LogP contribution is 2.46. The van der Waals surface area contributed by atoms with E-state index in [0.29, 0.717) is 5.92 Å². The van der Waals surface area contributed by atoms with Crippen molar-refractivity contribution in [2.75, 3.05) is 4.90 Å². The lowest BCUT2D eigenvalue weighted by atomic mass is 9.80. The second kappa shape index (κ2) is 12.9. The van der Waals surface area contributed by atoms with Crippen molar-refractivity contribution >= 4 is 60.5 Å². The molecule has 9 aromatic rings. The largest absolute Gasteiger partial charge is 0.456 e. The van der Waals surface area contributed by atoms with Crippen LogP contribution in [-0.2, 0) is 0 Å². The summed E-state index contributed by atoms with van der Waals surface area (Å²) in [4.78, 5) is 2.41. The Morgan fingerprint density at radius 1 is 0.442 bits per heavy atom. The van der Waals surface area contributed by atoms with E-state index in [1.54, 1.807) is 0 Å². The first-order valence-electron chi connectivity index (χ1n) is 18.7. The van der Waals surface area contributed by atoms with Crippen LogP contribution >= 0.6 is 0 Å². The van der Waals surface area contributed by atoms with Crippen LogP contribution in [0, 0.1) is 0 Å². The topological polar surface area (TPSA) is 16.4 Å². The van der Waals surface area contributed by atoms with Crippen LogP contribution in [0.2, 0.25) is 0 Å². The summed E-state index contributed by atoms with van der Waals surface area (Å²) in [6, 6.07) is 62.0. The van der Waals surface area contributed by atoms with Crippen molar-refractivity contribution in [2.45, 2.75) is 38.0 Å². The first-order valence-corrected chi connectivity index (χ1v) is 18.7. The fraction of sp³-hybridized carbons (Fsp3) is 0.120. The Hall–Kier alpha value is -6.12. The summed E-state index contributed by atoms with van der Waals surface area (Å²) < 4.78 is 6.46. The minimum atomic E-state index is 0.596. The molecule has 0 bridgehead atoms. The first kappa shape index (κ1) is 30.7. The molecule has 2 heteroatoms. The molecule has 0 N–H and O–H groups in total. The molecule has 1 aromatic heterocycles. The minimum Gasteiger partial charge on any atom is -0.456 e. The second-order valence-electron chi connectivity index (χ2n) is 14.3. The fourth-order valence-corrected chi connectivity index (χ4v) is 8.79. The molecule has 0 aliphatic heterocycles. The monoisotopic (exact) mass is 669 g/mol. The maximum Gasteiger partial charge on any atom is 0.137 e. The van der Waals surface area contributed by atoms with Gasteiger partial charge in [0.15, 0.2) is 0 Å². The molecule has 1 aliphatic rings. The van der Waals surface area contributed by atoms with Gasteiger partial charge < -0.3 is 9.32 Å². The van der Waals surface area contributed by atoms with Gasteiger partial charge >= 0.3 is 0 Å². The average Bonchev–Trinajstić information content (AvgIpc) is 3.59. The highest BCUT2D eigenvalue weighted by atomic mass is 16.3. The van der Waals surface area contributed by atoms with Crippen molar-refractivity contribution in [1.82, 2.24) is 0 Å². The molecule has 10 rings (SSSR count). The maximum absolute atomic E-state index is 6.46. The zero-order valence-electron chi connectivity index (χ0n) is 29.1. The SMILES string of the molecule is c1ccc(N(c2ccc(-c3cccc4ccccc34)cc2)c2ccc3c(c2)oc2ccccc23)c(-c2cccc3cccc(C4CCCCC4)c23)c1. The molecule has 1 heterocycles. The number of nitrogens with zero attached hydrogens (tertiary/aromatic N) is 1.